The zero-order valence-corrected chi connectivity index (χ0v) is 11.5. The summed E-state index contributed by atoms with van der Waals surface area (Å²) in [4.78, 5) is 2.19. The Labute approximate surface area is 110 Å². The Morgan fingerprint density at radius 1 is 1.33 bits per heavy atom. The van der Waals surface area contributed by atoms with Gasteiger partial charge in [-0.15, -0.1) is 0 Å². The summed E-state index contributed by atoms with van der Waals surface area (Å²) in [6, 6.07) is 9.29. The van der Waals surface area contributed by atoms with E-state index in [4.69, 9.17) is 5.73 Å². The number of nitrogens with two attached hydrogens (primary N) is 1. The predicted molar refractivity (Wildman–Crippen MR) is 77.6 cm³/mol. The Hall–Kier alpha value is -1.06. The number of rotatable bonds is 5. The Morgan fingerprint density at radius 3 is 2.89 bits per heavy atom. The molecule has 1 aliphatic carbocycles. The first-order valence-electron chi connectivity index (χ1n) is 6.89. The third kappa shape index (κ3) is 3.47. The van der Waals surface area contributed by atoms with Gasteiger partial charge in [-0.3, -0.25) is 0 Å². The number of nitrogens with zero attached hydrogens (tertiary/aromatic N) is 1. The quantitative estimate of drug-likeness (QED) is 0.839. The van der Waals surface area contributed by atoms with Gasteiger partial charge in [-0.1, -0.05) is 18.6 Å². The molecule has 0 saturated heterocycles. The Kier molecular flexibility index (Phi) is 4.61. The maximum atomic E-state index is 5.83. The lowest BCUT2D eigenvalue weighted by Gasteiger charge is -2.21. The van der Waals surface area contributed by atoms with Crippen molar-refractivity contribution in [2.75, 3.05) is 26.0 Å². The topological polar surface area (TPSA) is 41.3 Å². The molecule has 3 N–H and O–H groups in total. The smallest absolute Gasteiger partial charge is 0.0345 e. The van der Waals surface area contributed by atoms with Crippen molar-refractivity contribution >= 4 is 5.69 Å². The lowest BCUT2D eigenvalue weighted by molar-refractivity contribution is 0.402. The van der Waals surface area contributed by atoms with Gasteiger partial charge in [0, 0.05) is 18.3 Å². The molecule has 0 bridgehead atoms. The third-order valence-electron chi connectivity index (χ3n) is 3.74. The maximum Gasteiger partial charge on any atom is 0.0345 e. The highest BCUT2D eigenvalue weighted by Crippen LogP contribution is 2.28. The summed E-state index contributed by atoms with van der Waals surface area (Å²) in [7, 11) is 4.20. The number of hydrogen-bond donors (Lipinski definition) is 2. The summed E-state index contributed by atoms with van der Waals surface area (Å²) in [6.07, 6.45) is 3.82. The number of hydrogen-bond acceptors (Lipinski definition) is 3. The van der Waals surface area contributed by atoms with Gasteiger partial charge in [0.1, 0.15) is 0 Å². The van der Waals surface area contributed by atoms with Crippen molar-refractivity contribution in [3.8, 4) is 0 Å². The first kappa shape index (κ1) is 13.4. The van der Waals surface area contributed by atoms with Crippen LogP contribution in [0.15, 0.2) is 24.3 Å². The van der Waals surface area contributed by atoms with E-state index in [1.165, 1.54) is 30.5 Å². The minimum atomic E-state index is 0.560. The highest BCUT2D eigenvalue weighted by atomic mass is 15.0. The average Bonchev–Trinajstić information content (AvgIpc) is 2.76. The standard InChI is InChI=1S/C15H25N3/c1-18(2)11-12-5-3-7-14(9-12)17-15-8-4-6-13(15)10-16/h3,5,7,9,13,15,17H,4,6,8,10-11,16H2,1-2H3. The molecule has 0 heterocycles. The molecular formula is C15H25N3. The molecule has 0 spiro atoms. The summed E-state index contributed by atoms with van der Waals surface area (Å²) in [5, 5.41) is 3.66. The lowest BCUT2D eigenvalue weighted by Crippen LogP contribution is -2.29. The number of benzene rings is 1. The van der Waals surface area contributed by atoms with E-state index in [9.17, 15) is 0 Å². The molecule has 100 valence electrons. The average molecular weight is 247 g/mol. The highest BCUT2D eigenvalue weighted by molar-refractivity contribution is 5.46. The van der Waals surface area contributed by atoms with E-state index in [-0.39, 0.29) is 0 Å². The molecule has 1 aliphatic rings. The van der Waals surface area contributed by atoms with Crippen LogP contribution in [0.1, 0.15) is 24.8 Å². The second kappa shape index (κ2) is 6.21. The van der Waals surface area contributed by atoms with E-state index >= 15 is 0 Å². The van der Waals surface area contributed by atoms with Crippen molar-refractivity contribution in [3.63, 3.8) is 0 Å². The van der Waals surface area contributed by atoms with Crippen LogP contribution >= 0.6 is 0 Å². The molecule has 0 aliphatic heterocycles. The molecule has 1 saturated carbocycles. The summed E-state index contributed by atoms with van der Waals surface area (Å²) in [5.41, 5.74) is 8.42. The van der Waals surface area contributed by atoms with Crippen LogP contribution in [-0.4, -0.2) is 31.6 Å². The van der Waals surface area contributed by atoms with Gasteiger partial charge < -0.3 is 16.0 Å². The summed E-state index contributed by atoms with van der Waals surface area (Å²) < 4.78 is 0. The van der Waals surface area contributed by atoms with E-state index in [0.717, 1.165) is 13.1 Å². The van der Waals surface area contributed by atoms with Crippen molar-refractivity contribution in [3.05, 3.63) is 29.8 Å². The van der Waals surface area contributed by atoms with Gasteiger partial charge >= 0.3 is 0 Å². The molecule has 18 heavy (non-hydrogen) atoms. The van der Waals surface area contributed by atoms with E-state index in [0.29, 0.717) is 12.0 Å². The maximum absolute atomic E-state index is 5.83. The Morgan fingerprint density at radius 2 is 2.17 bits per heavy atom. The van der Waals surface area contributed by atoms with Crippen molar-refractivity contribution in [2.45, 2.75) is 31.8 Å². The van der Waals surface area contributed by atoms with Gasteiger partial charge in [0.25, 0.3) is 0 Å². The summed E-state index contributed by atoms with van der Waals surface area (Å²) >= 11 is 0. The highest BCUT2D eigenvalue weighted by Gasteiger charge is 2.25. The Balaban J connectivity index is 2.00. The van der Waals surface area contributed by atoms with E-state index in [1.807, 2.05) is 0 Å². The molecule has 3 nitrogen and oxygen atoms in total. The molecule has 1 aromatic carbocycles. The number of anilines is 1. The number of nitrogens with one attached hydrogen (secondary N) is 1. The lowest BCUT2D eigenvalue weighted by atomic mass is 10.0. The SMILES string of the molecule is CN(C)Cc1cccc(NC2CCCC2CN)c1. The van der Waals surface area contributed by atoms with Crippen LogP contribution in [0.4, 0.5) is 5.69 Å². The van der Waals surface area contributed by atoms with Crippen LogP contribution in [0.3, 0.4) is 0 Å². The van der Waals surface area contributed by atoms with Crippen molar-refractivity contribution in [1.29, 1.82) is 0 Å². The van der Waals surface area contributed by atoms with Gasteiger partial charge in [0.15, 0.2) is 0 Å². The third-order valence-corrected chi connectivity index (χ3v) is 3.74. The van der Waals surface area contributed by atoms with Crippen molar-refractivity contribution in [1.82, 2.24) is 4.90 Å². The Bertz CT molecular complexity index is 376. The van der Waals surface area contributed by atoms with Gasteiger partial charge in [-0.2, -0.15) is 0 Å². The van der Waals surface area contributed by atoms with Crippen LogP contribution in [-0.2, 0) is 6.54 Å². The van der Waals surface area contributed by atoms with Gasteiger partial charge in [0.2, 0.25) is 0 Å². The first-order valence-corrected chi connectivity index (χ1v) is 6.89. The fourth-order valence-corrected chi connectivity index (χ4v) is 2.85. The van der Waals surface area contributed by atoms with Crippen LogP contribution in [0, 0.1) is 5.92 Å². The molecule has 0 aromatic heterocycles. The second-order valence-electron chi connectivity index (χ2n) is 5.62. The molecule has 3 heteroatoms. The zero-order valence-electron chi connectivity index (χ0n) is 11.5. The second-order valence-corrected chi connectivity index (χ2v) is 5.62. The van der Waals surface area contributed by atoms with Gasteiger partial charge in [0.05, 0.1) is 0 Å². The predicted octanol–water partition coefficient (Wildman–Crippen LogP) is 2.29. The molecule has 0 amide bonds. The van der Waals surface area contributed by atoms with Crippen molar-refractivity contribution < 1.29 is 0 Å². The fraction of sp³-hybridized carbons (Fsp3) is 0.600. The molecule has 0 radical (unpaired) electrons. The minimum absolute atomic E-state index is 0.560. The normalized spacial score (nSPS) is 23.6. The van der Waals surface area contributed by atoms with E-state index < -0.39 is 0 Å². The largest absolute Gasteiger partial charge is 0.382 e. The zero-order chi connectivity index (χ0) is 13.0. The van der Waals surface area contributed by atoms with E-state index in [1.54, 1.807) is 0 Å². The van der Waals surface area contributed by atoms with Gasteiger partial charge in [-0.25, -0.2) is 0 Å². The monoisotopic (exact) mass is 247 g/mol. The summed E-state index contributed by atoms with van der Waals surface area (Å²) in [5.74, 6) is 0.641. The van der Waals surface area contributed by atoms with E-state index in [2.05, 4.69) is 48.6 Å². The molecule has 2 atom stereocenters. The summed E-state index contributed by atoms with van der Waals surface area (Å²) in [6.45, 7) is 1.79. The first-order chi connectivity index (χ1) is 8.69. The van der Waals surface area contributed by atoms with Crippen LogP contribution in [0.2, 0.25) is 0 Å². The van der Waals surface area contributed by atoms with Gasteiger partial charge in [-0.05, 0) is 57.1 Å². The fourth-order valence-electron chi connectivity index (χ4n) is 2.85. The minimum Gasteiger partial charge on any atom is -0.382 e. The molecule has 1 aromatic rings. The molecule has 2 unspecified atom stereocenters. The van der Waals surface area contributed by atoms with Crippen LogP contribution in [0.25, 0.3) is 0 Å². The van der Waals surface area contributed by atoms with Crippen LogP contribution in [0.5, 0.6) is 0 Å². The molecule has 2 rings (SSSR count). The van der Waals surface area contributed by atoms with Crippen LogP contribution < -0.4 is 11.1 Å². The molecular weight excluding hydrogens is 222 g/mol. The van der Waals surface area contributed by atoms with Crippen molar-refractivity contribution in [2.24, 2.45) is 11.7 Å². The molecule has 1 fully saturated rings.